The number of amides is 3. The second kappa shape index (κ2) is 9.25. The first-order chi connectivity index (χ1) is 18.4. The molecule has 0 spiro atoms. The van der Waals surface area contributed by atoms with Gasteiger partial charge in [-0.25, -0.2) is 13.9 Å². The molecule has 2 aromatic heterocycles. The molecular weight excluding hydrogens is 491 g/mol. The Morgan fingerprint density at radius 2 is 1.66 bits per heavy atom. The molecule has 0 saturated heterocycles. The fraction of sp³-hybridized carbons (Fsp3) is 0.222. The first-order valence-corrected chi connectivity index (χ1v) is 12.2. The molecular formula is C27H23FN6O4. The number of benzene rings is 2. The summed E-state index contributed by atoms with van der Waals surface area (Å²) in [6.45, 7) is 0. The average Bonchev–Trinajstić information content (AvgIpc) is 3.82. The van der Waals surface area contributed by atoms with Gasteiger partial charge in [-0.1, -0.05) is 18.2 Å². The molecule has 2 fully saturated rings. The van der Waals surface area contributed by atoms with Crippen molar-refractivity contribution in [3.63, 3.8) is 0 Å². The lowest BCUT2D eigenvalue weighted by atomic mass is 10.0. The van der Waals surface area contributed by atoms with E-state index < -0.39 is 23.0 Å². The highest BCUT2D eigenvalue weighted by atomic mass is 19.1. The minimum absolute atomic E-state index is 0.0450. The summed E-state index contributed by atoms with van der Waals surface area (Å²) in [7, 11) is 0. The molecule has 192 valence electrons. The first-order valence-electron chi connectivity index (χ1n) is 12.2. The Morgan fingerprint density at radius 1 is 0.921 bits per heavy atom. The molecule has 0 radical (unpaired) electrons. The maximum atomic E-state index is 14.8. The Kier molecular flexibility index (Phi) is 5.74. The van der Waals surface area contributed by atoms with Crippen LogP contribution < -0.4 is 20.7 Å². The zero-order valence-electron chi connectivity index (χ0n) is 20.1. The van der Waals surface area contributed by atoms with Crippen LogP contribution in [0.4, 0.5) is 21.6 Å². The number of para-hydroxylation sites is 1. The third kappa shape index (κ3) is 4.77. The molecule has 0 unspecified atom stereocenters. The summed E-state index contributed by atoms with van der Waals surface area (Å²) < 4.78 is 21.9. The summed E-state index contributed by atoms with van der Waals surface area (Å²) in [5, 5.41) is 12.4. The third-order valence-electron chi connectivity index (χ3n) is 6.55. The fourth-order valence-corrected chi connectivity index (χ4v) is 4.03. The molecule has 0 bridgehead atoms. The number of nitrogens with zero attached hydrogens (tertiary/aromatic N) is 3. The van der Waals surface area contributed by atoms with Crippen molar-refractivity contribution < 1.29 is 23.5 Å². The molecule has 2 heterocycles. The lowest BCUT2D eigenvalue weighted by molar-refractivity contribution is -0.131. The van der Waals surface area contributed by atoms with Crippen molar-refractivity contribution in [3.05, 3.63) is 72.7 Å². The average molecular weight is 515 g/mol. The highest BCUT2D eigenvalue weighted by molar-refractivity contribution is 6.16. The van der Waals surface area contributed by atoms with Gasteiger partial charge in [-0.05, 0) is 56.0 Å². The summed E-state index contributed by atoms with van der Waals surface area (Å²) >= 11 is 0. The van der Waals surface area contributed by atoms with Crippen LogP contribution in [-0.2, 0) is 14.4 Å². The van der Waals surface area contributed by atoms with Crippen molar-refractivity contribution in [1.29, 1.82) is 0 Å². The number of ether oxygens (including phenoxy) is 1. The third-order valence-corrected chi connectivity index (χ3v) is 6.55. The van der Waals surface area contributed by atoms with Crippen molar-refractivity contribution >= 4 is 40.6 Å². The van der Waals surface area contributed by atoms with Crippen LogP contribution in [0.15, 0.2) is 66.9 Å². The number of halogens is 1. The number of rotatable bonds is 8. The minimum atomic E-state index is -1.18. The van der Waals surface area contributed by atoms with Gasteiger partial charge in [0.1, 0.15) is 5.41 Å². The van der Waals surface area contributed by atoms with Gasteiger partial charge >= 0.3 is 0 Å². The number of anilines is 3. The number of hydrogen-bond acceptors (Lipinski definition) is 6. The molecule has 6 rings (SSSR count). The van der Waals surface area contributed by atoms with Gasteiger partial charge < -0.3 is 20.7 Å². The molecule has 2 saturated carbocycles. The van der Waals surface area contributed by atoms with E-state index in [9.17, 15) is 18.8 Å². The molecule has 0 atom stereocenters. The maximum Gasteiger partial charge on any atom is 0.240 e. The largest absolute Gasteiger partial charge is 0.434 e. The van der Waals surface area contributed by atoms with Crippen LogP contribution >= 0.6 is 0 Å². The van der Waals surface area contributed by atoms with Crippen LogP contribution in [0.1, 0.15) is 25.7 Å². The summed E-state index contributed by atoms with van der Waals surface area (Å²) in [5.41, 5.74) is 0.119. The zero-order valence-corrected chi connectivity index (χ0v) is 20.1. The highest BCUT2D eigenvalue weighted by Gasteiger charge is 2.56. The Hall–Kier alpha value is -4.80. The van der Waals surface area contributed by atoms with Crippen molar-refractivity contribution in [1.82, 2.24) is 14.6 Å². The van der Waals surface area contributed by atoms with Gasteiger partial charge in [-0.3, -0.25) is 14.4 Å². The van der Waals surface area contributed by atoms with Crippen LogP contribution in [0, 0.1) is 17.2 Å². The number of fused-ring (bicyclic) bond motifs is 1. The Morgan fingerprint density at radius 3 is 2.34 bits per heavy atom. The number of nitrogens with one attached hydrogen (secondary N) is 3. The standard InChI is InChI=1S/C27H23FN6O4/c28-19-14-18(30-26(37)27(12-13-27)25(36)29-17-4-2-1-3-5-17)8-9-20(19)38-23-11-10-22-31-21(15-34(22)33-23)32-24(35)16-6-7-16/h1-5,8-11,14-16H,6-7,12-13H2,(H,29,36)(H,30,37)(H,32,35). The molecule has 4 aromatic rings. The van der Waals surface area contributed by atoms with E-state index >= 15 is 0 Å². The molecule has 3 amide bonds. The van der Waals surface area contributed by atoms with E-state index in [-0.39, 0.29) is 29.1 Å². The molecule has 11 heteroatoms. The van der Waals surface area contributed by atoms with Gasteiger partial charge in [0.2, 0.25) is 23.6 Å². The number of imidazole rings is 1. The molecule has 10 nitrogen and oxygen atoms in total. The summed E-state index contributed by atoms with van der Waals surface area (Å²) in [5.74, 6) is -1.23. The molecule has 3 N–H and O–H groups in total. The van der Waals surface area contributed by atoms with E-state index in [0.717, 1.165) is 18.9 Å². The summed E-state index contributed by atoms with van der Waals surface area (Å²) in [6.07, 6.45) is 4.14. The van der Waals surface area contributed by atoms with Crippen molar-refractivity contribution in [3.8, 4) is 11.6 Å². The molecule has 2 aliphatic carbocycles. The molecule has 38 heavy (non-hydrogen) atoms. The highest BCUT2D eigenvalue weighted by Crippen LogP contribution is 2.47. The fourth-order valence-electron chi connectivity index (χ4n) is 4.03. The Bertz CT molecular complexity index is 1560. The van der Waals surface area contributed by atoms with Gasteiger partial charge in [-0.2, -0.15) is 0 Å². The van der Waals surface area contributed by atoms with E-state index in [1.807, 2.05) is 6.07 Å². The predicted molar refractivity (Wildman–Crippen MR) is 136 cm³/mol. The lowest BCUT2D eigenvalue weighted by Crippen LogP contribution is -2.35. The van der Waals surface area contributed by atoms with Crippen LogP contribution in [0.2, 0.25) is 0 Å². The number of hydrogen-bond donors (Lipinski definition) is 3. The quantitative estimate of drug-likeness (QED) is 0.300. The number of carbonyl (C=O) groups is 3. The topological polar surface area (TPSA) is 127 Å². The number of carbonyl (C=O) groups excluding carboxylic acids is 3. The second-order valence-corrected chi connectivity index (χ2v) is 9.47. The normalized spacial score (nSPS) is 15.5. The second-order valence-electron chi connectivity index (χ2n) is 9.47. The lowest BCUT2D eigenvalue weighted by Gasteiger charge is -2.16. The zero-order chi connectivity index (χ0) is 26.3. The molecule has 2 aliphatic rings. The Balaban J connectivity index is 1.11. The Labute approximate surface area is 216 Å². The molecule has 2 aromatic carbocycles. The van der Waals surface area contributed by atoms with Crippen molar-refractivity contribution in [2.45, 2.75) is 25.7 Å². The predicted octanol–water partition coefficient (Wildman–Crippen LogP) is 4.37. The van der Waals surface area contributed by atoms with Crippen LogP contribution in [-0.4, -0.2) is 32.3 Å². The van der Waals surface area contributed by atoms with E-state index in [0.29, 0.717) is 30.0 Å². The summed E-state index contributed by atoms with van der Waals surface area (Å²) in [4.78, 5) is 41.9. The maximum absolute atomic E-state index is 14.8. The van der Waals surface area contributed by atoms with Crippen LogP contribution in [0.5, 0.6) is 11.6 Å². The summed E-state index contributed by atoms with van der Waals surface area (Å²) in [6, 6.07) is 16.0. The van der Waals surface area contributed by atoms with Gasteiger partial charge in [0.15, 0.2) is 23.0 Å². The van der Waals surface area contributed by atoms with Crippen molar-refractivity contribution in [2.75, 3.05) is 16.0 Å². The molecule has 0 aliphatic heterocycles. The van der Waals surface area contributed by atoms with E-state index in [4.69, 9.17) is 4.74 Å². The van der Waals surface area contributed by atoms with Gasteiger partial charge in [0.25, 0.3) is 0 Å². The van der Waals surface area contributed by atoms with E-state index in [2.05, 4.69) is 26.0 Å². The number of aromatic nitrogens is 3. The minimum Gasteiger partial charge on any atom is -0.434 e. The van der Waals surface area contributed by atoms with Crippen LogP contribution in [0.25, 0.3) is 5.65 Å². The first kappa shape index (κ1) is 23.6. The van der Waals surface area contributed by atoms with E-state index in [1.54, 1.807) is 36.5 Å². The van der Waals surface area contributed by atoms with Gasteiger partial charge in [-0.15, -0.1) is 5.10 Å². The van der Waals surface area contributed by atoms with Gasteiger partial charge in [0.05, 0.1) is 6.20 Å². The van der Waals surface area contributed by atoms with Crippen LogP contribution in [0.3, 0.4) is 0 Å². The van der Waals surface area contributed by atoms with E-state index in [1.165, 1.54) is 22.7 Å². The van der Waals surface area contributed by atoms with Crippen molar-refractivity contribution in [2.24, 2.45) is 11.3 Å². The SMILES string of the molecule is O=C(Nc1cn2nc(Oc3ccc(NC(=O)C4(C(=O)Nc5ccccc5)CC4)cc3F)ccc2n1)C1CC1. The van der Waals surface area contributed by atoms with Gasteiger partial charge in [0, 0.05) is 29.4 Å². The smallest absolute Gasteiger partial charge is 0.240 e. The monoisotopic (exact) mass is 514 g/mol.